The molecule has 1 aromatic carbocycles. The molecule has 0 fully saturated rings. The van der Waals surface area contributed by atoms with Crippen LogP contribution in [0.15, 0.2) is 22.7 Å². The molecule has 0 atom stereocenters. The van der Waals surface area contributed by atoms with Gasteiger partial charge in [-0.3, -0.25) is 4.72 Å². The summed E-state index contributed by atoms with van der Waals surface area (Å²) < 4.78 is 33.3. The monoisotopic (exact) mass is 364 g/mol. The van der Waals surface area contributed by atoms with E-state index in [2.05, 4.69) is 20.7 Å². The Morgan fingerprint density at radius 1 is 1.40 bits per heavy atom. The molecule has 0 bridgehead atoms. The Labute approximate surface area is 127 Å². The Morgan fingerprint density at radius 3 is 2.60 bits per heavy atom. The first kappa shape index (κ1) is 16.8. The fourth-order valence-electron chi connectivity index (χ4n) is 1.47. The van der Waals surface area contributed by atoms with Crippen molar-refractivity contribution in [2.24, 2.45) is 0 Å². The molecule has 1 amide bonds. The van der Waals surface area contributed by atoms with Crippen molar-refractivity contribution >= 4 is 37.9 Å². The number of ether oxygens (including phenoxy) is 1. The molecule has 1 aromatic rings. The van der Waals surface area contributed by atoms with E-state index in [9.17, 15) is 13.2 Å². The molecule has 2 N–H and O–H groups in total. The summed E-state index contributed by atoms with van der Waals surface area (Å²) in [6.07, 6.45) is -0.764. The number of amides is 1. The maximum Gasteiger partial charge on any atom is 0.422 e. The van der Waals surface area contributed by atoms with Crippen LogP contribution in [-0.4, -0.2) is 20.6 Å². The maximum absolute atomic E-state index is 11.8. The highest BCUT2D eigenvalue weighted by Gasteiger charge is 2.17. The third kappa shape index (κ3) is 5.38. The first-order chi connectivity index (χ1) is 9.23. The van der Waals surface area contributed by atoms with Gasteiger partial charge in [0.2, 0.25) is 0 Å². The zero-order valence-electron chi connectivity index (χ0n) is 11.4. The molecule has 112 valence electrons. The number of nitrogens with one attached hydrogen (secondary N) is 2. The number of rotatable bonds is 5. The van der Waals surface area contributed by atoms with Crippen molar-refractivity contribution in [1.29, 1.82) is 0 Å². The fraction of sp³-hybridized carbons (Fsp3) is 0.417. The van der Waals surface area contributed by atoms with Crippen molar-refractivity contribution < 1.29 is 17.9 Å². The average molecular weight is 365 g/mol. The van der Waals surface area contributed by atoms with Gasteiger partial charge in [0.15, 0.2) is 0 Å². The predicted molar refractivity (Wildman–Crippen MR) is 80.8 cm³/mol. The normalized spacial score (nSPS) is 11.2. The van der Waals surface area contributed by atoms with Crippen LogP contribution in [0.25, 0.3) is 0 Å². The summed E-state index contributed by atoms with van der Waals surface area (Å²) in [6.45, 7) is 5.16. The number of benzene rings is 1. The second-order valence-corrected chi connectivity index (χ2v) is 6.65. The standard InChI is InChI=1S/C12H17BrN2O4S/c1-4-9-7-10(13)5-6-11(9)14-20(17,18)15-12(16)19-8(2)3/h5-8,14H,4H2,1-3H3,(H,15,16). The van der Waals surface area contributed by atoms with Crippen LogP contribution in [-0.2, 0) is 21.4 Å². The van der Waals surface area contributed by atoms with Gasteiger partial charge in [0, 0.05) is 4.47 Å². The fourth-order valence-corrected chi connectivity index (χ4v) is 2.69. The molecule has 1 rings (SSSR count). The van der Waals surface area contributed by atoms with Gasteiger partial charge in [-0.05, 0) is 44.0 Å². The molecular weight excluding hydrogens is 348 g/mol. The number of hydrogen-bond acceptors (Lipinski definition) is 4. The van der Waals surface area contributed by atoms with Crippen LogP contribution in [0.5, 0.6) is 0 Å². The molecule has 0 radical (unpaired) electrons. The van der Waals surface area contributed by atoms with Crippen LogP contribution in [0.4, 0.5) is 10.5 Å². The Bertz CT molecular complexity index is 587. The number of aryl methyl sites for hydroxylation is 1. The summed E-state index contributed by atoms with van der Waals surface area (Å²) >= 11 is 3.32. The molecule has 0 saturated heterocycles. The number of hydrogen-bond donors (Lipinski definition) is 2. The molecule has 0 aromatic heterocycles. The lowest BCUT2D eigenvalue weighted by atomic mass is 10.1. The minimum Gasteiger partial charge on any atom is -0.446 e. The number of carbonyl (C=O) groups excluding carboxylic acids is 1. The van der Waals surface area contributed by atoms with Gasteiger partial charge >= 0.3 is 16.3 Å². The maximum atomic E-state index is 11.8. The van der Waals surface area contributed by atoms with Gasteiger partial charge in [-0.25, -0.2) is 9.52 Å². The van der Waals surface area contributed by atoms with E-state index in [1.54, 1.807) is 30.7 Å². The van der Waals surface area contributed by atoms with Gasteiger partial charge < -0.3 is 4.74 Å². The van der Waals surface area contributed by atoms with Crippen molar-refractivity contribution in [2.45, 2.75) is 33.3 Å². The molecule has 0 saturated carbocycles. The lowest BCUT2D eigenvalue weighted by Crippen LogP contribution is -2.37. The minimum absolute atomic E-state index is 0.399. The van der Waals surface area contributed by atoms with Crippen LogP contribution in [0, 0.1) is 0 Å². The third-order valence-corrected chi connectivity index (χ3v) is 3.67. The van der Waals surface area contributed by atoms with Gasteiger partial charge in [0.1, 0.15) is 0 Å². The highest BCUT2D eigenvalue weighted by molar-refractivity contribution is 9.10. The topological polar surface area (TPSA) is 84.5 Å². The van der Waals surface area contributed by atoms with Crippen LogP contribution in [0.2, 0.25) is 0 Å². The van der Waals surface area contributed by atoms with Gasteiger partial charge in [0.25, 0.3) is 0 Å². The van der Waals surface area contributed by atoms with E-state index in [4.69, 9.17) is 4.74 Å². The molecule has 0 aliphatic rings. The molecule has 0 spiro atoms. The van der Waals surface area contributed by atoms with Gasteiger partial charge in [-0.1, -0.05) is 22.9 Å². The van der Waals surface area contributed by atoms with Crippen LogP contribution in [0.3, 0.4) is 0 Å². The predicted octanol–water partition coefficient (Wildman–Crippen LogP) is 2.80. The number of carbonyl (C=O) groups is 1. The molecule has 0 aliphatic heterocycles. The Balaban J connectivity index is 2.83. The third-order valence-electron chi connectivity index (χ3n) is 2.25. The highest BCUT2D eigenvalue weighted by Crippen LogP contribution is 2.22. The Hall–Kier alpha value is -1.28. The van der Waals surface area contributed by atoms with Crippen molar-refractivity contribution in [3.05, 3.63) is 28.2 Å². The summed E-state index contributed by atoms with van der Waals surface area (Å²) in [5.41, 5.74) is 1.22. The number of anilines is 1. The van der Waals surface area contributed by atoms with E-state index in [1.165, 1.54) is 0 Å². The van der Waals surface area contributed by atoms with Gasteiger partial charge in [0.05, 0.1) is 11.8 Å². The van der Waals surface area contributed by atoms with Gasteiger partial charge in [-0.2, -0.15) is 8.42 Å². The summed E-state index contributed by atoms with van der Waals surface area (Å²) in [7, 11) is -4.01. The molecular formula is C12H17BrN2O4S. The van der Waals surface area contributed by atoms with E-state index in [0.29, 0.717) is 12.1 Å². The van der Waals surface area contributed by atoms with Crippen LogP contribution in [0.1, 0.15) is 26.3 Å². The summed E-state index contributed by atoms with van der Waals surface area (Å²) in [5, 5.41) is 0. The SMILES string of the molecule is CCc1cc(Br)ccc1NS(=O)(=O)NC(=O)OC(C)C. The first-order valence-electron chi connectivity index (χ1n) is 6.03. The molecule has 6 nitrogen and oxygen atoms in total. The lowest BCUT2D eigenvalue weighted by Gasteiger charge is -2.13. The Morgan fingerprint density at radius 2 is 2.05 bits per heavy atom. The second-order valence-electron chi connectivity index (χ2n) is 4.32. The second kappa shape index (κ2) is 6.94. The van der Waals surface area contributed by atoms with Crippen molar-refractivity contribution in [3.63, 3.8) is 0 Å². The molecule has 0 aliphatic carbocycles. The largest absolute Gasteiger partial charge is 0.446 e. The van der Waals surface area contributed by atoms with E-state index < -0.39 is 22.4 Å². The zero-order valence-corrected chi connectivity index (χ0v) is 13.8. The van der Waals surface area contributed by atoms with E-state index >= 15 is 0 Å². The molecule has 0 heterocycles. The molecule has 0 unspecified atom stereocenters. The van der Waals surface area contributed by atoms with Crippen molar-refractivity contribution in [2.75, 3.05) is 4.72 Å². The van der Waals surface area contributed by atoms with Crippen molar-refractivity contribution in [3.8, 4) is 0 Å². The zero-order chi connectivity index (χ0) is 15.3. The van der Waals surface area contributed by atoms with Gasteiger partial charge in [-0.15, -0.1) is 0 Å². The van der Waals surface area contributed by atoms with Crippen LogP contribution >= 0.6 is 15.9 Å². The van der Waals surface area contributed by atoms with Crippen LogP contribution < -0.4 is 9.44 Å². The quantitative estimate of drug-likeness (QED) is 0.840. The summed E-state index contributed by atoms with van der Waals surface area (Å²) in [4.78, 5) is 11.3. The number of halogens is 1. The lowest BCUT2D eigenvalue weighted by molar-refractivity contribution is 0.121. The smallest absolute Gasteiger partial charge is 0.422 e. The van der Waals surface area contributed by atoms with E-state index in [1.807, 2.05) is 13.0 Å². The summed E-state index contributed by atoms with van der Waals surface area (Å²) in [5.74, 6) is 0. The first-order valence-corrected chi connectivity index (χ1v) is 8.30. The molecule has 20 heavy (non-hydrogen) atoms. The average Bonchev–Trinajstić information content (AvgIpc) is 2.29. The van der Waals surface area contributed by atoms with Crippen molar-refractivity contribution in [1.82, 2.24) is 4.72 Å². The minimum atomic E-state index is -4.01. The molecule has 8 heteroatoms. The summed E-state index contributed by atoms with van der Waals surface area (Å²) in [6, 6.07) is 5.14. The Kier molecular flexibility index (Phi) is 5.82. The van der Waals surface area contributed by atoms with E-state index in [-0.39, 0.29) is 0 Å². The highest BCUT2D eigenvalue weighted by atomic mass is 79.9. The van der Waals surface area contributed by atoms with E-state index in [0.717, 1.165) is 10.0 Å².